The minimum Gasteiger partial charge on any atom is -0.483 e. The molecule has 0 aliphatic carbocycles. The number of ether oxygens (including phenoxy) is 1. The van der Waals surface area contributed by atoms with Crippen molar-refractivity contribution in [3.05, 3.63) is 59.9 Å². The fourth-order valence-corrected chi connectivity index (χ4v) is 1.58. The number of primary amides is 1. The first kappa shape index (κ1) is 12.1. The first-order valence-electron chi connectivity index (χ1n) is 5.63. The molecule has 0 radical (unpaired) electrons. The molecule has 0 bridgehead atoms. The molecule has 1 heterocycles. The first-order valence-corrected chi connectivity index (χ1v) is 5.63. The molecule has 0 fully saturated rings. The number of hydrogen-bond donors (Lipinski definition) is 1. The maximum absolute atomic E-state index is 10.9. The summed E-state index contributed by atoms with van der Waals surface area (Å²) < 4.78 is 7.63. The van der Waals surface area contributed by atoms with Gasteiger partial charge in [-0.3, -0.25) is 4.79 Å². The number of nitrogens with two attached hydrogens (primary N) is 1. The molecule has 1 aromatic carbocycles. The molecule has 0 atom stereocenters. The Balaban J connectivity index is 2.02. The van der Waals surface area contributed by atoms with Gasteiger partial charge >= 0.3 is 0 Å². The van der Waals surface area contributed by atoms with Gasteiger partial charge in [0.25, 0.3) is 0 Å². The summed E-state index contributed by atoms with van der Waals surface area (Å²) in [5.74, 6) is 0.278. The average Bonchev–Trinajstić information content (AvgIpc) is 2.38. The number of pyridine rings is 1. The number of aryl methyl sites for hydroxylation is 1. The van der Waals surface area contributed by atoms with E-state index in [1.54, 1.807) is 24.3 Å². The highest BCUT2D eigenvalue weighted by Crippen LogP contribution is 2.13. The predicted molar refractivity (Wildman–Crippen MR) is 66.9 cm³/mol. The van der Waals surface area contributed by atoms with E-state index < -0.39 is 5.91 Å². The number of amides is 1. The first-order chi connectivity index (χ1) is 8.66. The number of aromatic nitrogens is 1. The molecular formula is C14H15N2O2+. The molecule has 4 heteroatoms. The van der Waals surface area contributed by atoms with Crippen LogP contribution in [0.2, 0.25) is 0 Å². The lowest BCUT2D eigenvalue weighted by Crippen LogP contribution is -2.33. The Morgan fingerprint density at radius 3 is 2.56 bits per heavy atom. The lowest BCUT2D eigenvalue weighted by Gasteiger charge is -2.05. The standard InChI is InChI=1S/C14H14N2O2/c1-16-9-3-2-4-12(16)10-18-13-7-5-11(6-8-13)14(15)17/h2-9H,10H2,1H3,(H-,15,17)/p+1. The second-order valence-corrected chi connectivity index (χ2v) is 3.98. The van der Waals surface area contributed by atoms with Crippen LogP contribution in [0.1, 0.15) is 16.1 Å². The van der Waals surface area contributed by atoms with Crippen molar-refractivity contribution in [2.45, 2.75) is 6.61 Å². The minimum absolute atomic E-state index is 0.434. The molecule has 2 aromatic rings. The zero-order valence-corrected chi connectivity index (χ0v) is 10.2. The molecule has 0 aliphatic rings. The average molecular weight is 243 g/mol. The van der Waals surface area contributed by atoms with Gasteiger partial charge in [-0.2, -0.15) is 0 Å². The smallest absolute Gasteiger partial charge is 0.248 e. The van der Waals surface area contributed by atoms with Gasteiger partial charge in [-0.25, -0.2) is 4.57 Å². The van der Waals surface area contributed by atoms with Crippen LogP contribution in [0.25, 0.3) is 0 Å². The van der Waals surface area contributed by atoms with E-state index in [1.165, 1.54) is 0 Å². The Morgan fingerprint density at radius 1 is 1.22 bits per heavy atom. The van der Waals surface area contributed by atoms with Crippen molar-refractivity contribution in [2.24, 2.45) is 12.8 Å². The molecule has 0 saturated heterocycles. The zero-order valence-electron chi connectivity index (χ0n) is 10.2. The molecule has 0 spiro atoms. The molecule has 4 nitrogen and oxygen atoms in total. The fraction of sp³-hybridized carbons (Fsp3) is 0.143. The summed E-state index contributed by atoms with van der Waals surface area (Å²) in [6, 6.07) is 12.7. The second kappa shape index (κ2) is 5.31. The molecule has 0 aliphatic heterocycles. The molecular weight excluding hydrogens is 228 g/mol. The van der Waals surface area contributed by atoms with Crippen LogP contribution >= 0.6 is 0 Å². The van der Waals surface area contributed by atoms with E-state index in [4.69, 9.17) is 10.5 Å². The fourth-order valence-electron chi connectivity index (χ4n) is 1.58. The summed E-state index contributed by atoms with van der Waals surface area (Å²) >= 11 is 0. The highest BCUT2D eigenvalue weighted by molar-refractivity contribution is 5.92. The van der Waals surface area contributed by atoms with Crippen LogP contribution in [-0.2, 0) is 13.7 Å². The van der Waals surface area contributed by atoms with Gasteiger partial charge in [-0.1, -0.05) is 0 Å². The predicted octanol–water partition coefficient (Wildman–Crippen LogP) is 1.19. The Morgan fingerprint density at radius 2 is 1.94 bits per heavy atom. The van der Waals surface area contributed by atoms with Crippen LogP contribution in [0, 0.1) is 0 Å². The van der Waals surface area contributed by atoms with Gasteiger partial charge < -0.3 is 10.5 Å². The molecule has 18 heavy (non-hydrogen) atoms. The monoisotopic (exact) mass is 243 g/mol. The Hall–Kier alpha value is -2.36. The number of benzene rings is 1. The van der Waals surface area contributed by atoms with Gasteiger partial charge in [0.05, 0.1) is 0 Å². The lowest BCUT2D eigenvalue weighted by atomic mass is 10.2. The maximum atomic E-state index is 10.9. The molecule has 92 valence electrons. The maximum Gasteiger partial charge on any atom is 0.248 e. The highest BCUT2D eigenvalue weighted by atomic mass is 16.5. The topological polar surface area (TPSA) is 56.2 Å². The van der Waals surface area contributed by atoms with Crippen molar-refractivity contribution in [2.75, 3.05) is 0 Å². The Kier molecular flexibility index (Phi) is 3.57. The SMILES string of the molecule is C[n+]1ccccc1COc1ccc(C(N)=O)cc1. The normalized spacial score (nSPS) is 10.1. The van der Waals surface area contributed by atoms with Crippen LogP contribution in [0.5, 0.6) is 5.75 Å². The molecule has 1 aromatic heterocycles. The van der Waals surface area contributed by atoms with Gasteiger partial charge in [0.2, 0.25) is 11.6 Å². The summed E-state index contributed by atoms with van der Waals surface area (Å²) in [5, 5.41) is 0. The van der Waals surface area contributed by atoms with Crippen LogP contribution in [0.3, 0.4) is 0 Å². The van der Waals surface area contributed by atoms with E-state index in [9.17, 15) is 4.79 Å². The van der Waals surface area contributed by atoms with Crippen LogP contribution in [0.15, 0.2) is 48.7 Å². The third kappa shape index (κ3) is 2.85. The molecule has 0 saturated carbocycles. The van der Waals surface area contributed by atoms with Gasteiger partial charge in [-0.05, 0) is 30.3 Å². The third-order valence-corrected chi connectivity index (χ3v) is 2.69. The quantitative estimate of drug-likeness (QED) is 0.820. The summed E-state index contributed by atoms with van der Waals surface area (Å²) in [5.41, 5.74) is 6.71. The van der Waals surface area contributed by atoms with E-state index >= 15 is 0 Å². The van der Waals surface area contributed by atoms with Crippen molar-refractivity contribution >= 4 is 5.91 Å². The summed E-state index contributed by atoms with van der Waals surface area (Å²) in [6.07, 6.45) is 1.97. The largest absolute Gasteiger partial charge is 0.483 e. The van der Waals surface area contributed by atoms with Crippen molar-refractivity contribution in [3.63, 3.8) is 0 Å². The molecule has 1 amide bonds. The van der Waals surface area contributed by atoms with E-state index in [0.29, 0.717) is 17.9 Å². The van der Waals surface area contributed by atoms with Crippen molar-refractivity contribution in [1.29, 1.82) is 0 Å². The summed E-state index contributed by atoms with van der Waals surface area (Å²) in [7, 11) is 1.97. The number of carbonyl (C=O) groups is 1. The van der Waals surface area contributed by atoms with Crippen LogP contribution in [-0.4, -0.2) is 5.91 Å². The summed E-state index contributed by atoms with van der Waals surface area (Å²) in [4.78, 5) is 10.9. The van der Waals surface area contributed by atoms with E-state index in [2.05, 4.69) is 0 Å². The molecule has 0 unspecified atom stereocenters. The molecule has 2 rings (SSSR count). The number of carbonyl (C=O) groups excluding carboxylic acids is 1. The van der Waals surface area contributed by atoms with Crippen molar-refractivity contribution in [1.82, 2.24) is 0 Å². The lowest BCUT2D eigenvalue weighted by molar-refractivity contribution is -0.680. The van der Waals surface area contributed by atoms with Crippen LogP contribution in [0.4, 0.5) is 0 Å². The third-order valence-electron chi connectivity index (χ3n) is 2.69. The number of rotatable bonds is 4. The Labute approximate surface area is 106 Å². The van der Waals surface area contributed by atoms with Gasteiger partial charge in [0, 0.05) is 17.7 Å². The molecule has 2 N–H and O–H groups in total. The zero-order chi connectivity index (χ0) is 13.0. The Bertz CT molecular complexity index is 550. The van der Waals surface area contributed by atoms with Gasteiger partial charge in [-0.15, -0.1) is 0 Å². The number of hydrogen-bond acceptors (Lipinski definition) is 2. The van der Waals surface area contributed by atoms with E-state index in [-0.39, 0.29) is 0 Å². The highest BCUT2D eigenvalue weighted by Gasteiger charge is 2.06. The van der Waals surface area contributed by atoms with Gasteiger partial charge in [0.1, 0.15) is 12.8 Å². The summed E-state index contributed by atoms with van der Waals surface area (Å²) in [6.45, 7) is 0.479. The van der Waals surface area contributed by atoms with E-state index in [0.717, 1.165) is 5.69 Å². The second-order valence-electron chi connectivity index (χ2n) is 3.98. The van der Waals surface area contributed by atoms with Gasteiger partial charge in [0.15, 0.2) is 12.8 Å². The van der Waals surface area contributed by atoms with Crippen molar-refractivity contribution < 1.29 is 14.1 Å². The van der Waals surface area contributed by atoms with Crippen molar-refractivity contribution in [3.8, 4) is 5.75 Å². The number of nitrogens with zero attached hydrogens (tertiary/aromatic N) is 1. The van der Waals surface area contributed by atoms with Crippen LogP contribution < -0.4 is 15.0 Å². The van der Waals surface area contributed by atoms with E-state index in [1.807, 2.05) is 36.0 Å². The minimum atomic E-state index is -0.434.